The van der Waals surface area contributed by atoms with E-state index in [1.165, 1.54) is 25.2 Å². The van der Waals surface area contributed by atoms with Gasteiger partial charge in [0.1, 0.15) is 11.5 Å². The van der Waals surface area contributed by atoms with E-state index in [0.29, 0.717) is 5.71 Å². The molecule has 9 heteroatoms. The molecule has 0 radical (unpaired) electrons. The van der Waals surface area contributed by atoms with Crippen LogP contribution in [0, 0.1) is 10.1 Å². The van der Waals surface area contributed by atoms with Crippen LogP contribution in [0.25, 0.3) is 0 Å². The molecule has 132 valence electrons. The average Bonchev–Trinajstić information content (AvgIpc) is 2.54. The molecule has 0 aliphatic rings. The molecule has 0 atom stereocenters. The summed E-state index contributed by atoms with van der Waals surface area (Å²) in [6.07, 6.45) is -4.52. The molecule has 0 aliphatic carbocycles. The Labute approximate surface area is 145 Å². The van der Waals surface area contributed by atoms with Gasteiger partial charge in [-0.1, -0.05) is 11.6 Å². The summed E-state index contributed by atoms with van der Waals surface area (Å²) in [6, 6.07) is 6.63. The van der Waals surface area contributed by atoms with E-state index < -0.39 is 16.7 Å². The number of hydrogen-bond donors (Lipinski definition) is 0. The number of nitro groups is 1. The monoisotopic (exact) mass is 372 g/mol. The van der Waals surface area contributed by atoms with Crippen LogP contribution in [0.3, 0.4) is 0 Å². The molecule has 0 saturated heterocycles. The van der Waals surface area contributed by atoms with Gasteiger partial charge in [-0.15, -0.1) is 0 Å². The molecule has 0 aliphatic heterocycles. The average molecular weight is 373 g/mol. The molecule has 0 N–H and O–H groups in total. The van der Waals surface area contributed by atoms with Gasteiger partial charge in [0.25, 0.3) is 5.69 Å². The van der Waals surface area contributed by atoms with E-state index in [-0.39, 0.29) is 27.8 Å². The molecular weight excluding hydrogens is 361 g/mol. The Morgan fingerprint density at radius 2 is 1.92 bits per heavy atom. The summed E-state index contributed by atoms with van der Waals surface area (Å²) < 4.78 is 43.4. The van der Waals surface area contributed by atoms with Crippen molar-refractivity contribution in [1.29, 1.82) is 0 Å². The minimum Gasteiger partial charge on any atom is -0.456 e. The van der Waals surface area contributed by atoms with E-state index in [1.54, 1.807) is 6.92 Å². The molecule has 0 spiro atoms. The van der Waals surface area contributed by atoms with Gasteiger partial charge in [-0.2, -0.15) is 13.2 Å². The lowest BCUT2D eigenvalue weighted by atomic mass is 10.1. The molecule has 2 aromatic carbocycles. The Balaban J connectivity index is 2.40. The van der Waals surface area contributed by atoms with Gasteiger partial charge < -0.3 is 4.74 Å². The summed E-state index contributed by atoms with van der Waals surface area (Å²) in [7, 11) is 1.49. The summed E-state index contributed by atoms with van der Waals surface area (Å²) in [5.41, 5.74) is -0.402. The van der Waals surface area contributed by atoms with E-state index in [1.807, 2.05) is 0 Å². The van der Waals surface area contributed by atoms with Crippen molar-refractivity contribution in [2.45, 2.75) is 13.1 Å². The van der Waals surface area contributed by atoms with Gasteiger partial charge in [0.2, 0.25) is 0 Å². The molecule has 0 bridgehead atoms. The quantitative estimate of drug-likeness (QED) is 0.404. The number of nitro benzene ring substituents is 1. The SMILES string of the molecule is CN=C(C)c1cc(Oc2ccc(C(F)(F)F)cc2Cl)ccc1[N+](=O)[O-]. The Bertz CT molecular complexity index is 851. The highest BCUT2D eigenvalue weighted by molar-refractivity contribution is 6.32. The van der Waals surface area contributed by atoms with Crippen molar-refractivity contribution in [2.75, 3.05) is 7.05 Å². The lowest BCUT2D eigenvalue weighted by Gasteiger charge is -2.12. The Kier molecular flexibility index (Phi) is 5.32. The van der Waals surface area contributed by atoms with E-state index in [9.17, 15) is 23.3 Å². The molecular formula is C16H12ClF3N2O3. The molecule has 25 heavy (non-hydrogen) atoms. The molecule has 0 heterocycles. The fourth-order valence-electron chi connectivity index (χ4n) is 2.03. The van der Waals surface area contributed by atoms with Crippen molar-refractivity contribution in [1.82, 2.24) is 0 Å². The van der Waals surface area contributed by atoms with Crippen LogP contribution >= 0.6 is 11.6 Å². The zero-order chi connectivity index (χ0) is 18.8. The van der Waals surface area contributed by atoms with Gasteiger partial charge in [-0.05, 0) is 37.3 Å². The zero-order valence-electron chi connectivity index (χ0n) is 13.1. The van der Waals surface area contributed by atoms with Crippen LogP contribution < -0.4 is 4.74 Å². The summed E-state index contributed by atoms with van der Waals surface area (Å²) >= 11 is 5.84. The predicted molar refractivity (Wildman–Crippen MR) is 87.8 cm³/mol. The van der Waals surface area contributed by atoms with E-state index >= 15 is 0 Å². The van der Waals surface area contributed by atoms with Gasteiger partial charge in [0, 0.05) is 18.8 Å². The smallest absolute Gasteiger partial charge is 0.416 e. The van der Waals surface area contributed by atoms with Crippen LogP contribution in [-0.4, -0.2) is 17.7 Å². The van der Waals surface area contributed by atoms with Crippen LogP contribution in [-0.2, 0) is 6.18 Å². The van der Waals surface area contributed by atoms with Crippen molar-refractivity contribution < 1.29 is 22.8 Å². The van der Waals surface area contributed by atoms with Gasteiger partial charge in [-0.25, -0.2) is 0 Å². The third-order valence-electron chi connectivity index (χ3n) is 3.38. The second-order valence-electron chi connectivity index (χ2n) is 4.99. The highest BCUT2D eigenvalue weighted by atomic mass is 35.5. The van der Waals surface area contributed by atoms with Crippen molar-refractivity contribution >= 4 is 23.0 Å². The molecule has 2 rings (SSSR count). The minimum absolute atomic E-state index is 0.000519. The molecule has 0 fully saturated rings. The first-order valence-corrected chi connectivity index (χ1v) is 7.28. The predicted octanol–water partition coefficient (Wildman–Crippen LogP) is 5.50. The standard InChI is InChI=1S/C16H12ClF3N2O3/c1-9(21-2)12-8-11(4-5-14(12)22(23)24)25-15-6-3-10(7-13(15)17)16(18,19)20/h3-8H,1-2H3. The maximum atomic E-state index is 12.7. The maximum Gasteiger partial charge on any atom is 0.416 e. The van der Waals surface area contributed by atoms with Gasteiger partial charge in [-0.3, -0.25) is 15.1 Å². The number of ether oxygens (including phenoxy) is 1. The Morgan fingerprint density at radius 3 is 2.44 bits per heavy atom. The van der Waals surface area contributed by atoms with Gasteiger partial charge in [0.15, 0.2) is 0 Å². The first kappa shape index (κ1) is 18.7. The maximum absolute atomic E-state index is 12.7. The fraction of sp³-hybridized carbons (Fsp3) is 0.188. The second kappa shape index (κ2) is 7.10. The third kappa shape index (κ3) is 4.27. The molecule has 0 unspecified atom stereocenters. The molecule has 0 aromatic heterocycles. The lowest BCUT2D eigenvalue weighted by Crippen LogP contribution is -2.04. The van der Waals surface area contributed by atoms with Crippen LogP contribution in [0.5, 0.6) is 11.5 Å². The number of halogens is 4. The second-order valence-corrected chi connectivity index (χ2v) is 5.40. The first-order chi connectivity index (χ1) is 11.6. The minimum atomic E-state index is -4.52. The number of nitrogens with zero attached hydrogens (tertiary/aromatic N) is 2. The van der Waals surface area contributed by atoms with Gasteiger partial charge >= 0.3 is 6.18 Å². The van der Waals surface area contributed by atoms with Crippen molar-refractivity contribution in [2.24, 2.45) is 4.99 Å². The molecule has 5 nitrogen and oxygen atoms in total. The van der Waals surface area contributed by atoms with E-state index in [2.05, 4.69) is 4.99 Å². The fourth-order valence-corrected chi connectivity index (χ4v) is 2.25. The number of aliphatic imine (C=N–C) groups is 1. The van der Waals surface area contributed by atoms with Crippen molar-refractivity contribution in [3.63, 3.8) is 0 Å². The first-order valence-electron chi connectivity index (χ1n) is 6.90. The highest BCUT2D eigenvalue weighted by Crippen LogP contribution is 2.37. The Hall–Kier alpha value is -2.61. The molecule has 2 aromatic rings. The molecule has 0 saturated carbocycles. The van der Waals surface area contributed by atoms with Gasteiger partial charge in [0.05, 0.1) is 21.1 Å². The summed E-state index contributed by atoms with van der Waals surface area (Å²) in [4.78, 5) is 14.4. The van der Waals surface area contributed by atoms with Crippen LogP contribution in [0.4, 0.5) is 18.9 Å². The lowest BCUT2D eigenvalue weighted by molar-refractivity contribution is -0.385. The van der Waals surface area contributed by atoms with Crippen LogP contribution in [0.1, 0.15) is 18.1 Å². The summed E-state index contributed by atoms with van der Waals surface area (Å²) in [5, 5.41) is 10.9. The Morgan fingerprint density at radius 1 is 1.24 bits per heavy atom. The largest absolute Gasteiger partial charge is 0.456 e. The molecule has 0 amide bonds. The zero-order valence-corrected chi connectivity index (χ0v) is 13.9. The topological polar surface area (TPSA) is 64.7 Å². The number of benzene rings is 2. The number of hydrogen-bond acceptors (Lipinski definition) is 4. The van der Waals surface area contributed by atoms with Crippen LogP contribution in [0.15, 0.2) is 41.4 Å². The van der Waals surface area contributed by atoms with E-state index in [4.69, 9.17) is 16.3 Å². The van der Waals surface area contributed by atoms with Crippen molar-refractivity contribution in [3.8, 4) is 11.5 Å². The number of alkyl halides is 3. The number of rotatable bonds is 4. The summed E-state index contributed by atoms with van der Waals surface area (Å²) in [5.74, 6) is 0.186. The van der Waals surface area contributed by atoms with Crippen molar-refractivity contribution in [3.05, 3.63) is 62.7 Å². The third-order valence-corrected chi connectivity index (χ3v) is 3.67. The summed E-state index contributed by atoms with van der Waals surface area (Å²) in [6.45, 7) is 1.59. The normalized spacial score (nSPS) is 12.2. The highest BCUT2D eigenvalue weighted by Gasteiger charge is 2.31. The van der Waals surface area contributed by atoms with Crippen LogP contribution in [0.2, 0.25) is 5.02 Å². The van der Waals surface area contributed by atoms with E-state index in [0.717, 1.165) is 18.2 Å².